The average molecular weight is 355 g/mol. The van der Waals surface area contributed by atoms with Gasteiger partial charge in [0.25, 0.3) is 0 Å². The molecule has 2 aromatic rings. The van der Waals surface area contributed by atoms with Crippen LogP contribution in [0.25, 0.3) is 10.6 Å². The van der Waals surface area contributed by atoms with Gasteiger partial charge in [-0.2, -0.15) is 0 Å². The molecule has 0 saturated heterocycles. The second kappa shape index (κ2) is 8.81. The van der Waals surface area contributed by atoms with Crippen LogP contribution >= 0.6 is 11.3 Å². The first-order chi connectivity index (χ1) is 12.2. The van der Waals surface area contributed by atoms with Crippen molar-refractivity contribution in [2.45, 2.75) is 39.2 Å². The number of aliphatic imine (C=N–C) groups is 1. The molecule has 1 heterocycles. The summed E-state index contributed by atoms with van der Waals surface area (Å²) >= 11 is 1.70. The predicted molar refractivity (Wildman–Crippen MR) is 107 cm³/mol. The van der Waals surface area contributed by atoms with Gasteiger partial charge in [0.1, 0.15) is 5.01 Å². The highest BCUT2D eigenvalue weighted by Crippen LogP contribution is 2.24. The number of aromatic nitrogens is 1. The number of rotatable bonds is 6. The van der Waals surface area contributed by atoms with Gasteiger partial charge in [-0.25, -0.2) is 4.98 Å². The summed E-state index contributed by atoms with van der Waals surface area (Å²) < 4.78 is 0. The van der Waals surface area contributed by atoms with Crippen molar-refractivity contribution < 1.29 is 0 Å². The van der Waals surface area contributed by atoms with E-state index in [-0.39, 0.29) is 0 Å². The molecule has 5 heteroatoms. The van der Waals surface area contributed by atoms with Crippen LogP contribution < -0.4 is 10.6 Å². The predicted octanol–water partition coefficient (Wildman–Crippen LogP) is 3.93. The van der Waals surface area contributed by atoms with E-state index in [2.05, 4.69) is 66.3 Å². The fraction of sp³-hybridized carbons (Fsp3) is 0.400. The summed E-state index contributed by atoms with van der Waals surface area (Å²) in [4.78, 5) is 9.45. The summed E-state index contributed by atoms with van der Waals surface area (Å²) in [6, 6.07) is 9.02. The quantitative estimate of drug-likeness (QED) is 0.469. The van der Waals surface area contributed by atoms with E-state index in [1.807, 2.05) is 0 Å². The van der Waals surface area contributed by atoms with E-state index in [1.54, 1.807) is 11.3 Å². The van der Waals surface area contributed by atoms with E-state index in [9.17, 15) is 0 Å². The standard InChI is InChI=1S/C20H26N4S/c1-3-21-20(24-17-6-4-5-7-17)22-13-12-18-14-25-19(23-18)16-10-8-15(2)9-11-16/h4-5,8-11,14,17H,3,6-7,12-13H2,1-2H3,(H2,21,22,24). The lowest BCUT2D eigenvalue weighted by molar-refractivity contribution is 0.633. The van der Waals surface area contributed by atoms with Gasteiger partial charge < -0.3 is 10.6 Å². The summed E-state index contributed by atoms with van der Waals surface area (Å²) in [5, 5.41) is 10.1. The van der Waals surface area contributed by atoms with Crippen molar-refractivity contribution in [1.29, 1.82) is 0 Å². The number of nitrogens with one attached hydrogen (secondary N) is 2. The number of benzene rings is 1. The van der Waals surface area contributed by atoms with E-state index in [1.165, 1.54) is 11.1 Å². The summed E-state index contributed by atoms with van der Waals surface area (Å²) in [5.74, 6) is 0.908. The molecule has 0 saturated carbocycles. The van der Waals surface area contributed by atoms with Crippen LogP contribution in [0.1, 0.15) is 31.0 Å². The Morgan fingerprint density at radius 3 is 2.72 bits per heavy atom. The molecular weight excluding hydrogens is 328 g/mol. The van der Waals surface area contributed by atoms with Crippen molar-refractivity contribution in [2.75, 3.05) is 13.1 Å². The van der Waals surface area contributed by atoms with Crippen molar-refractivity contribution in [3.05, 3.63) is 53.1 Å². The molecule has 132 valence electrons. The van der Waals surface area contributed by atoms with Crippen LogP contribution in [0.2, 0.25) is 0 Å². The Balaban J connectivity index is 1.55. The highest BCUT2D eigenvalue weighted by Gasteiger charge is 2.11. The normalized spacial score (nSPS) is 14.9. The van der Waals surface area contributed by atoms with Gasteiger partial charge in [0.15, 0.2) is 5.96 Å². The first-order valence-corrected chi connectivity index (χ1v) is 9.84. The third kappa shape index (κ3) is 5.16. The van der Waals surface area contributed by atoms with Crippen LogP contribution in [0.4, 0.5) is 0 Å². The number of guanidine groups is 1. The summed E-state index contributed by atoms with van der Waals surface area (Å²) in [7, 11) is 0. The van der Waals surface area contributed by atoms with E-state index in [0.717, 1.165) is 49.0 Å². The van der Waals surface area contributed by atoms with Crippen LogP contribution in [-0.2, 0) is 6.42 Å². The Morgan fingerprint density at radius 2 is 2.00 bits per heavy atom. The Bertz CT molecular complexity index is 722. The molecule has 3 rings (SSSR count). The maximum Gasteiger partial charge on any atom is 0.191 e. The Morgan fingerprint density at radius 1 is 1.24 bits per heavy atom. The topological polar surface area (TPSA) is 49.3 Å². The Kier molecular flexibility index (Phi) is 6.23. The molecule has 2 N–H and O–H groups in total. The molecule has 0 aliphatic heterocycles. The van der Waals surface area contributed by atoms with Crippen molar-refractivity contribution in [2.24, 2.45) is 4.99 Å². The third-order valence-corrected chi connectivity index (χ3v) is 5.12. The molecule has 0 radical (unpaired) electrons. The van der Waals surface area contributed by atoms with Gasteiger partial charge in [0, 0.05) is 36.5 Å². The van der Waals surface area contributed by atoms with Gasteiger partial charge in [-0.15, -0.1) is 11.3 Å². The van der Waals surface area contributed by atoms with Gasteiger partial charge in [0.05, 0.1) is 5.69 Å². The molecule has 1 aliphatic rings. The number of nitrogens with zero attached hydrogens (tertiary/aromatic N) is 2. The van der Waals surface area contributed by atoms with Crippen molar-refractivity contribution in [1.82, 2.24) is 15.6 Å². The second-order valence-corrected chi connectivity index (χ2v) is 7.16. The minimum Gasteiger partial charge on any atom is -0.357 e. The molecule has 4 nitrogen and oxygen atoms in total. The van der Waals surface area contributed by atoms with Crippen molar-refractivity contribution in [3.8, 4) is 10.6 Å². The zero-order valence-electron chi connectivity index (χ0n) is 15.0. The molecule has 0 amide bonds. The molecule has 1 aromatic heterocycles. The molecule has 25 heavy (non-hydrogen) atoms. The molecule has 1 aliphatic carbocycles. The van der Waals surface area contributed by atoms with Crippen molar-refractivity contribution in [3.63, 3.8) is 0 Å². The highest BCUT2D eigenvalue weighted by molar-refractivity contribution is 7.13. The SMILES string of the molecule is CCNC(=NCCc1csc(-c2ccc(C)cc2)n1)NC1CC=CC1. The molecule has 0 bridgehead atoms. The van der Waals surface area contributed by atoms with E-state index in [0.29, 0.717) is 6.04 Å². The Hall–Kier alpha value is -2.14. The zero-order valence-corrected chi connectivity index (χ0v) is 15.8. The molecule has 0 unspecified atom stereocenters. The molecule has 0 fully saturated rings. The van der Waals surface area contributed by atoms with Crippen LogP contribution in [0.5, 0.6) is 0 Å². The van der Waals surface area contributed by atoms with E-state index in [4.69, 9.17) is 9.98 Å². The number of aryl methyl sites for hydroxylation is 1. The summed E-state index contributed by atoms with van der Waals surface area (Å²) in [5.41, 5.74) is 3.58. The van der Waals surface area contributed by atoms with Gasteiger partial charge in [0.2, 0.25) is 0 Å². The monoisotopic (exact) mass is 354 g/mol. The summed E-state index contributed by atoms with van der Waals surface area (Å²) in [6.45, 7) is 5.82. The lowest BCUT2D eigenvalue weighted by Gasteiger charge is -2.16. The van der Waals surface area contributed by atoms with Gasteiger partial charge in [-0.05, 0) is 26.7 Å². The van der Waals surface area contributed by atoms with E-state index >= 15 is 0 Å². The smallest absolute Gasteiger partial charge is 0.191 e. The first-order valence-electron chi connectivity index (χ1n) is 8.96. The van der Waals surface area contributed by atoms with Crippen LogP contribution in [0, 0.1) is 6.92 Å². The first kappa shape index (κ1) is 17.7. The maximum absolute atomic E-state index is 4.75. The van der Waals surface area contributed by atoms with Crippen LogP contribution in [-0.4, -0.2) is 30.1 Å². The van der Waals surface area contributed by atoms with Gasteiger partial charge >= 0.3 is 0 Å². The molecule has 0 spiro atoms. The number of hydrogen-bond donors (Lipinski definition) is 2. The number of hydrogen-bond acceptors (Lipinski definition) is 3. The third-order valence-electron chi connectivity index (χ3n) is 4.18. The molecule has 0 atom stereocenters. The fourth-order valence-electron chi connectivity index (χ4n) is 2.78. The minimum absolute atomic E-state index is 0.477. The van der Waals surface area contributed by atoms with Crippen molar-refractivity contribution >= 4 is 17.3 Å². The lowest BCUT2D eigenvalue weighted by Crippen LogP contribution is -2.42. The van der Waals surface area contributed by atoms with Gasteiger partial charge in [-0.3, -0.25) is 4.99 Å². The minimum atomic E-state index is 0.477. The highest BCUT2D eigenvalue weighted by atomic mass is 32.1. The Labute approximate surface area is 154 Å². The molecule has 1 aromatic carbocycles. The number of thiazole rings is 1. The van der Waals surface area contributed by atoms with Gasteiger partial charge in [-0.1, -0.05) is 42.0 Å². The lowest BCUT2D eigenvalue weighted by atomic mass is 10.2. The zero-order chi connectivity index (χ0) is 17.5. The average Bonchev–Trinajstić information content (AvgIpc) is 3.28. The largest absolute Gasteiger partial charge is 0.357 e. The molecular formula is C20H26N4S. The maximum atomic E-state index is 4.75. The summed E-state index contributed by atoms with van der Waals surface area (Å²) in [6.07, 6.45) is 7.47. The van der Waals surface area contributed by atoms with Crippen LogP contribution in [0.3, 0.4) is 0 Å². The van der Waals surface area contributed by atoms with Crippen LogP contribution in [0.15, 0.2) is 46.8 Å². The fourth-order valence-corrected chi connectivity index (χ4v) is 3.64. The second-order valence-electron chi connectivity index (χ2n) is 6.30. The van der Waals surface area contributed by atoms with E-state index < -0.39 is 0 Å².